The normalized spacial score (nSPS) is 11.8. The van der Waals surface area contributed by atoms with Gasteiger partial charge in [-0.15, -0.1) is 11.3 Å². The molecule has 0 atom stereocenters. The van der Waals surface area contributed by atoms with E-state index >= 15 is 0 Å². The van der Waals surface area contributed by atoms with Gasteiger partial charge in [-0.3, -0.25) is 0 Å². The maximum atomic E-state index is 12.9. The molecule has 0 saturated carbocycles. The molecule has 0 fully saturated rings. The lowest BCUT2D eigenvalue weighted by Gasteiger charge is -2.01. The van der Waals surface area contributed by atoms with Crippen molar-refractivity contribution in [1.29, 1.82) is 0 Å². The van der Waals surface area contributed by atoms with Crippen molar-refractivity contribution in [2.45, 2.75) is 6.18 Å². The minimum absolute atomic E-state index is 0.0428. The highest BCUT2D eigenvalue weighted by atomic mass is 79.9. The Morgan fingerprint density at radius 3 is 2.59 bits per heavy atom. The van der Waals surface area contributed by atoms with Crippen molar-refractivity contribution < 1.29 is 17.6 Å². The third-order valence-corrected chi connectivity index (χ3v) is 3.35. The molecule has 0 aliphatic heterocycles. The Balaban J connectivity index is 2.47. The van der Waals surface area contributed by atoms with Crippen LogP contribution in [-0.4, -0.2) is 9.97 Å². The van der Waals surface area contributed by atoms with Crippen molar-refractivity contribution in [3.63, 3.8) is 0 Å². The smallest absolute Gasteiger partial charge is 0.246 e. The van der Waals surface area contributed by atoms with Crippen molar-refractivity contribution in [1.82, 2.24) is 9.97 Å². The Labute approximate surface area is 105 Å². The standard InChI is InChI=1S/C9H3BrF4N2S/c10-7-5(1-4(11)2-15-7)6-3-17-8(16-6)9(12,13)14/h1-3H. The molecule has 0 amide bonds. The average Bonchev–Trinajstić information content (AvgIpc) is 2.70. The van der Waals surface area contributed by atoms with Gasteiger partial charge in [0.25, 0.3) is 0 Å². The first-order valence-electron chi connectivity index (χ1n) is 4.22. The molecule has 90 valence electrons. The first-order chi connectivity index (χ1) is 7.88. The van der Waals surface area contributed by atoms with Crippen molar-refractivity contribution in [2.75, 3.05) is 0 Å². The van der Waals surface area contributed by atoms with Crippen LogP contribution in [0.2, 0.25) is 0 Å². The van der Waals surface area contributed by atoms with Crippen LogP contribution in [0.1, 0.15) is 5.01 Å². The van der Waals surface area contributed by atoms with E-state index in [0.717, 1.165) is 12.3 Å². The first-order valence-corrected chi connectivity index (χ1v) is 5.89. The van der Waals surface area contributed by atoms with Crippen LogP contribution in [-0.2, 0) is 6.18 Å². The fraction of sp³-hybridized carbons (Fsp3) is 0.111. The van der Waals surface area contributed by atoms with Crippen LogP contribution >= 0.6 is 27.3 Å². The molecule has 0 saturated heterocycles. The number of thiazole rings is 1. The van der Waals surface area contributed by atoms with Gasteiger partial charge in [0.2, 0.25) is 0 Å². The fourth-order valence-electron chi connectivity index (χ4n) is 1.13. The summed E-state index contributed by atoms with van der Waals surface area (Å²) in [6.07, 6.45) is -3.53. The summed E-state index contributed by atoms with van der Waals surface area (Å²) in [6, 6.07) is 1.08. The summed E-state index contributed by atoms with van der Waals surface area (Å²) in [5, 5.41) is 0.244. The molecule has 0 radical (unpaired) electrons. The quantitative estimate of drug-likeness (QED) is 0.581. The molecule has 0 aliphatic carbocycles. The summed E-state index contributed by atoms with van der Waals surface area (Å²) in [5.41, 5.74) is 0.234. The minimum atomic E-state index is -4.49. The second-order valence-corrected chi connectivity index (χ2v) is 4.64. The molecule has 0 aromatic carbocycles. The molecule has 0 spiro atoms. The van der Waals surface area contributed by atoms with Gasteiger partial charge in [-0.2, -0.15) is 13.2 Å². The van der Waals surface area contributed by atoms with Gasteiger partial charge >= 0.3 is 6.18 Å². The molecule has 8 heteroatoms. The molecule has 2 rings (SSSR count). The number of halogens is 5. The third-order valence-electron chi connectivity index (χ3n) is 1.83. The van der Waals surface area contributed by atoms with Gasteiger partial charge in [0.15, 0.2) is 5.01 Å². The topological polar surface area (TPSA) is 25.8 Å². The summed E-state index contributed by atoms with van der Waals surface area (Å²) in [4.78, 5) is 7.06. The molecule has 17 heavy (non-hydrogen) atoms. The van der Waals surface area contributed by atoms with E-state index in [1.807, 2.05) is 0 Å². The first kappa shape index (κ1) is 12.4. The number of rotatable bonds is 1. The number of pyridine rings is 1. The van der Waals surface area contributed by atoms with E-state index in [1.165, 1.54) is 5.38 Å². The van der Waals surface area contributed by atoms with Crippen LogP contribution in [0.15, 0.2) is 22.2 Å². The van der Waals surface area contributed by atoms with E-state index in [1.54, 1.807) is 0 Å². The van der Waals surface area contributed by atoms with Crippen LogP contribution in [0.4, 0.5) is 17.6 Å². The molecular formula is C9H3BrF4N2S. The van der Waals surface area contributed by atoms with Crippen LogP contribution in [0.5, 0.6) is 0 Å². The van der Waals surface area contributed by atoms with Gasteiger partial charge in [-0.1, -0.05) is 0 Å². The molecule has 0 N–H and O–H groups in total. The molecule has 2 aromatic heterocycles. The van der Waals surface area contributed by atoms with Crippen molar-refractivity contribution in [2.24, 2.45) is 0 Å². The molecule has 2 nitrogen and oxygen atoms in total. The summed E-state index contributed by atoms with van der Waals surface area (Å²) >= 11 is 3.49. The number of hydrogen-bond donors (Lipinski definition) is 0. The van der Waals surface area contributed by atoms with E-state index < -0.39 is 17.0 Å². The summed E-state index contributed by atoms with van der Waals surface area (Å²) in [7, 11) is 0. The maximum Gasteiger partial charge on any atom is 0.443 e. The SMILES string of the molecule is Fc1cnc(Br)c(-c2csc(C(F)(F)F)n2)c1. The van der Waals surface area contributed by atoms with Crippen LogP contribution in [0.3, 0.4) is 0 Å². The van der Waals surface area contributed by atoms with Crippen molar-refractivity contribution in [3.8, 4) is 11.3 Å². The van der Waals surface area contributed by atoms with Gasteiger partial charge in [-0.25, -0.2) is 14.4 Å². The largest absolute Gasteiger partial charge is 0.443 e. The monoisotopic (exact) mass is 326 g/mol. The molecule has 0 bridgehead atoms. The van der Waals surface area contributed by atoms with E-state index in [-0.39, 0.29) is 15.9 Å². The van der Waals surface area contributed by atoms with Crippen molar-refractivity contribution >= 4 is 27.3 Å². The van der Waals surface area contributed by atoms with E-state index in [9.17, 15) is 17.6 Å². The second-order valence-electron chi connectivity index (χ2n) is 3.03. The zero-order valence-electron chi connectivity index (χ0n) is 7.92. The molecular weight excluding hydrogens is 324 g/mol. The molecule has 2 aromatic rings. The zero-order chi connectivity index (χ0) is 12.6. The Morgan fingerprint density at radius 1 is 1.29 bits per heavy atom. The number of alkyl halides is 3. The molecule has 2 heterocycles. The Kier molecular flexibility index (Phi) is 3.17. The van der Waals surface area contributed by atoms with Gasteiger partial charge in [0.05, 0.1) is 11.9 Å². The highest BCUT2D eigenvalue weighted by molar-refractivity contribution is 9.10. The van der Waals surface area contributed by atoms with Gasteiger partial charge in [0.1, 0.15) is 10.4 Å². The van der Waals surface area contributed by atoms with Crippen LogP contribution < -0.4 is 0 Å². The van der Waals surface area contributed by atoms with Crippen LogP contribution in [0.25, 0.3) is 11.3 Å². The third kappa shape index (κ3) is 2.63. The summed E-state index contributed by atoms with van der Waals surface area (Å²) in [5.74, 6) is -0.634. The van der Waals surface area contributed by atoms with Crippen molar-refractivity contribution in [3.05, 3.63) is 33.1 Å². The zero-order valence-corrected chi connectivity index (χ0v) is 10.3. The Hall–Kier alpha value is -1.02. The summed E-state index contributed by atoms with van der Waals surface area (Å²) in [6.45, 7) is 0. The predicted octanol–water partition coefficient (Wildman–Crippen LogP) is 4.13. The highest BCUT2D eigenvalue weighted by Gasteiger charge is 2.34. The Bertz CT molecular complexity index is 552. The van der Waals surface area contributed by atoms with E-state index in [4.69, 9.17) is 0 Å². The Morgan fingerprint density at radius 2 is 2.00 bits per heavy atom. The van der Waals surface area contributed by atoms with Gasteiger partial charge in [0, 0.05) is 10.9 Å². The van der Waals surface area contributed by atoms with E-state index in [2.05, 4.69) is 25.9 Å². The van der Waals surface area contributed by atoms with E-state index in [0.29, 0.717) is 11.3 Å². The number of nitrogens with zero attached hydrogens (tertiary/aromatic N) is 2. The predicted molar refractivity (Wildman–Crippen MR) is 58.0 cm³/mol. The fourth-order valence-corrected chi connectivity index (χ4v) is 2.24. The lowest BCUT2D eigenvalue weighted by atomic mass is 10.2. The lowest BCUT2D eigenvalue weighted by molar-refractivity contribution is -0.137. The van der Waals surface area contributed by atoms with Crippen LogP contribution in [0, 0.1) is 5.82 Å². The van der Waals surface area contributed by atoms with Gasteiger partial charge < -0.3 is 0 Å². The number of hydrogen-bond acceptors (Lipinski definition) is 3. The average molecular weight is 327 g/mol. The highest BCUT2D eigenvalue weighted by Crippen LogP contribution is 2.35. The maximum absolute atomic E-state index is 12.9. The number of aromatic nitrogens is 2. The minimum Gasteiger partial charge on any atom is -0.246 e. The second kappa shape index (κ2) is 4.34. The summed E-state index contributed by atoms with van der Waals surface area (Å²) < 4.78 is 50.2. The molecule has 0 aliphatic rings. The lowest BCUT2D eigenvalue weighted by Crippen LogP contribution is -2.03. The van der Waals surface area contributed by atoms with Gasteiger partial charge in [-0.05, 0) is 22.0 Å². The molecule has 0 unspecified atom stereocenters.